The Morgan fingerprint density at radius 1 is 1.40 bits per heavy atom. The SMILES string of the molecule is CCCCCCSC1C(C)=CC=CS1=O. The van der Waals surface area contributed by atoms with Gasteiger partial charge in [0.1, 0.15) is 4.58 Å². The summed E-state index contributed by atoms with van der Waals surface area (Å²) in [7, 11) is -0.801. The van der Waals surface area contributed by atoms with Crippen molar-refractivity contribution < 1.29 is 4.21 Å². The maximum absolute atomic E-state index is 11.7. The van der Waals surface area contributed by atoms with Crippen molar-refractivity contribution >= 4 is 22.6 Å². The van der Waals surface area contributed by atoms with E-state index in [1.807, 2.05) is 17.8 Å². The second-order valence-electron chi connectivity index (χ2n) is 3.83. The van der Waals surface area contributed by atoms with Gasteiger partial charge in [0.05, 0.1) is 10.8 Å². The van der Waals surface area contributed by atoms with E-state index < -0.39 is 10.8 Å². The molecule has 15 heavy (non-hydrogen) atoms. The molecule has 0 spiro atoms. The molecule has 1 rings (SSSR count). The van der Waals surface area contributed by atoms with E-state index in [-0.39, 0.29) is 4.58 Å². The second kappa shape index (κ2) is 7.29. The Morgan fingerprint density at radius 2 is 2.20 bits per heavy atom. The fraction of sp³-hybridized carbons (Fsp3) is 0.667. The van der Waals surface area contributed by atoms with E-state index in [9.17, 15) is 4.21 Å². The third-order valence-corrected chi connectivity index (χ3v) is 5.82. The third kappa shape index (κ3) is 4.56. The lowest BCUT2D eigenvalue weighted by molar-refractivity contribution is 0.687. The number of thioether (sulfide) groups is 1. The first-order valence-electron chi connectivity index (χ1n) is 5.61. The minimum Gasteiger partial charge on any atom is -0.253 e. The lowest BCUT2D eigenvalue weighted by Crippen LogP contribution is -2.13. The first-order chi connectivity index (χ1) is 7.25. The van der Waals surface area contributed by atoms with Crippen molar-refractivity contribution in [1.82, 2.24) is 0 Å². The van der Waals surface area contributed by atoms with Gasteiger partial charge in [-0.25, -0.2) is 0 Å². The molecule has 0 saturated carbocycles. The summed E-state index contributed by atoms with van der Waals surface area (Å²) in [5.74, 6) is 1.13. The van der Waals surface area contributed by atoms with E-state index in [0.717, 1.165) is 5.75 Å². The molecule has 0 amide bonds. The van der Waals surface area contributed by atoms with E-state index in [1.165, 1.54) is 31.3 Å². The van der Waals surface area contributed by atoms with Crippen LogP contribution in [0.2, 0.25) is 0 Å². The van der Waals surface area contributed by atoms with Crippen LogP contribution >= 0.6 is 11.8 Å². The molecule has 1 aliphatic rings. The van der Waals surface area contributed by atoms with Gasteiger partial charge in [-0.05, 0) is 24.7 Å². The Hall–Kier alpha value is -0.0200. The van der Waals surface area contributed by atoms with Crippen LogP contribution in [0.15, 0.2) is 23.1 Å². The Kier molecular flexibility index (Phi) is 6.34. The summed E-state index contributed by atoms with van der Waals surface area (Å²) in [5.41, 5.74) is 1.25. The Bertz CT molecular complexity index is 269. The molecule has 3 heteroatoms. The summed E-state index contributed by atoms with van der Waals surface area (Å²) >= 11 is 1.84. The van der Waals surface area contributed by atoms with Gasteiger partial charge >= 0.3 is 0 Å². The summed E-state index contributed by atoms with van der Waals surface area (Å²) in [6.45, 7) is 4.30. The fourth-order valence-electron chi connectivity index (χ4n) is 1.52. The predicted octanol–water partition coefficient (Wildman–Crippen LogP) is 3.85. The standard InChI is InChI=1S/C12H20OS2/c1-3-4-5-6-9-14-12-11(2)8-7-10-15(12)13/h7-8,10,12H,3-6,9H2,1-2H3. The van der Waals surface area contributed by atoms with Gasteiger partial charge < -0.3 is 0 Å². The van der Waals surface area contributed by atoms with E-state index in [1.54, 1.807) is 5.41 Å². The average Bonchev–Trinajstić information content (AvgIpc) is 2.21. The normalized spacial score (nSPS) is 25.3. The lowest BCUT2D eigenvalue weighted by Gasteiger charge is -2.17. The number of hydrogen-bond donors (Lipinski definition) is 0. The largest absolute Gasteiger partial charge is 0.253 e. The number of rotatable bonds is 6. The maximum Gasteiger partial charge on any atom is 0.105 e. The fourth-order valence-corrected chi connectivity index (χ4v) is 4.28. The van der Waals surface area contributed by atoms with Crippen LogP contribution in [0.4, 0.5) is 0 Å². The lowest BCUT2D eigenvalue weighted by atomic mass is 10.2. The van der Waals surface area contributed by atoms with Crippen molar-refractivity contribution in [3.05, 3.63) is 23.1 Å². The van der Waals surface area contributed by atoms with Gasteiger partial charge in [-0.15, -0.1) is 11.8 Å². The number of hydrogen-bond acceptors (Lipinski definition) is 2. The van der Waals surface area contributed by atoms with Gasteiger partial charge in [0.25, 0.3) is 0 Å². The molecule has 86 valence electrons. The van der Waals surface area contributed by atoms with E-state index in [0.29, 0.717) is 0 Å². The molecular formula is C12H20OS2. The van der Waals surface area contributed by atoms with Gasteiger partial charge in [0, 0.05) is 5.41 Å². The zero-order chi connectivity index (χ0) is 11.1. The molecule has 0 aromatic heterocycles. The molecule has 0 aliphatic carbocycles. The van der Waals surface area contributed by atoms with Crippen LogP contribution in [0.25, 0.3) is 0 Å². The molecule has 0 bridgehead atoms. The smallest absolute Gasteiger partial charge is 0.105 e. The summed E-state index contributed by atoms with van der Waals surface area (Å²) in [6, 6.07) is 0. The van der Waals surface area contributed by atoms with Gasteiger partial charge in [0.2, 0.25) is 0 Å². The van der Waals surface area contributed by atoms with Crippen molar-refractivity contribution in [1.29, 1.82) is 0 Å². The quantitative estimate of drug-likeness (QED) is 0.660. The van der Waals surface area contributed by atoms with Crippen LogP contribution in [0, 0.1) is 0 Å². The summed E-state index contributed by atoms with van der Waals surface area (Å²) in [6.07, 6.45) is 9.14. The maximum atomic E-state index is 11.7. The van der Waals surface area contributed by atoms with Crippen molar-refractivity contribution in [2.45, 2.75) is 44.1 Å². The van der Waals surface area contributed by atoms with E-state index >= 15 is 0 Å². The Morgan fingerprint density at radius 3 is 2.87 bits per heavy atom. The van der Waals surface area contributed by atoms with Crippen molar-refractivity contribution in [3.63, 3.8) is 0 Å². The van der Waals surface area contributed by atoms with Crippen LogP contribution in [0.3, 0.4) is 0 Å². The van der Waals surface area contributed by atoms with Crippen molar-refractivity contribution in [3.8, 4) is 0 Å². The molecule has 1 heterocycles. The van der Waals surface area contributed by atoms with Crippen LogP contribution in [-0.4, -0.2) is 14.5 Å². The third-order valence-electron chi connectivity index (χ3n) is 2.42. The number of unbranched alkanes of at least 4 members (excludes halogenated alkanes) is 3. The summed E-state index contributed by atoms with van der Waals surface area (Å²) < 4.78 is 11.9. The molecule has 0 saturated heterocycles. The molecule has 0 radical (unpaired) electrons. The monoisotopic (exact) mass is 244 g/mol. The molecule has 0 fully saturated rings. The van der Waals surface area contributed by atoms with E-state index in [4.69, 9.17) is 0 Å². The van der Waals surface area contributed by atoms with Gasteiger partial charge in [-0.2, -0.15) is 0 Å². The molecule has 2 unspecified atom stereocenters. The zero-order valence-corrected chi connectivity index (χ0v) is 11.2. The second-order valence-corrected chi connectivity index (χ2v) is 6.74. The number of allylic oxidation sites excluding steroid dienone is 2. The topological polar surface area (TPSA) is 17.1 Å². The van der Waals surface area contributed by atoms with Crippen LogP contribution < -0.4 is 0 Å². The van der Waals surface area contributed by atoms with Crippen LogP contribution in [0.1, 0.15) is 39.5 Å². The molecule has 0 aromatic rings. The predicted molar refractivity (Wildman–Crippen MR) is 71.4 cm³/mol. The minimum atomic E-state index is -0.801. The molecular weight excluding hydrogens is 224 g/mol. The average molecular weight is 244 g/mol. The van der Waals surface area contributed by atoms with Crippen molar-refractivity contribution in [2.24, 2.45) is 0 Å². The highest BCUT2D eigenvalue weighted by molar-refractivity contribution is 8.12. The molecule has 0 N–H and O–H groups in total. The molecule has 2 atom stereocenters. The highest BCUT2D eigenvalue weighted by Gasteiger charge is 2.18. The van der Waals surface area contributed by atoms with E-state index in [2.05, 4.69) is 19.9 Å². The molecule has 1 nitrogen and oxygen atoms in total. The van der Waals surface area contributed by atoms with Gasteiger partial charge in [-0.3, -0.25) is 4.21 Å². The summed E-state index contributed by atoms with van der Waals surface area (Å²) in [5, 5.41) is 1.80. The molecule has 1 aliphatic heterocycles. The first kappa shape index (κ1) is 13.0. The molecule has 0 aromatic carbocycles. The van der Waals surface area contributed by atoms with Crippen LogP contribution in [-0.2, 0) is 10.8 Å². The van der Waals surface area contributed by atoms with Gasteiger partial charge in [0.15, 0.2) is 0 Å². The van der Waals surface area contributed by atoms with Gasteiger partial charge in [-0.1, -0.05) is 38.3 Å². The first-order valence-corrected chi connectivity index (χ1v) is 7.94. The Labute approximate surface area is 99.9 Å². The highest BCUT2D eigenvalue weighted by atomic mass is 32.2. The van der Waals surface area contributed by atoms with Crippen LogP contribution in [0.5, 0.6) is 0 Å². The Balaban J connectivity index is 2.23. The summed E-state index contributed by atoms with van der Waals surface area (Å²) in [4.78, 5) is 0. The van der Waals surface area contributed by atoms with Crippen molar-refractivity contribution in [2.75, 3.05) is 5.75 Å². The minimum absolute atomic E-state index is 0.205. The highest BCUT2D eigenvalue weighted by Crippen LogP contribution is 2.27. The zero-order valence-electron chi connectivity index (χ0n) is 9.57.